The van der Waals surface area contributed by atoms with Crippen LogP contribution < -0.4 is 5.73 Å². The number of rotatable bonds is 2. The van der Waals surface area contributed by atoms with Gasteiger partial charge in [0.25, 0.3) is 0 Å². The predicted molar refractivity (Wildman–Crippen MR) is 38.4 cm³/mol. The number of nitrogens with zero attached hydrogens (tertiary/aromatic N) is 2. The smallest absolute Gasteiger partial charge is 0.0722 e. The number of hydrogen-bond acceptors (Lipinski definition) is 3. The number of anilines is 1. The van der Waals surface area contributed by atoms with Crippen LogP contribution in [0.3, 0.4) is 0 Å². The maximum atomic E-state index is 8.70. The largest absolute Gasteiger partial charge is 0.396 e. The van der Waals surface area contributed by atoms with E-state index in [1.807, 2.05) is 6.92 Å². The van der Waals surface area contributed by atoms with E-state index in [4.69, 9.17) is 10.8 Å². The van der Waals surface area contributed by atoms with E-state index < -0.39 is 0 Å². The van der Waals surface area contributed by atoms with Gasteiger partial charge in [-0.2, -0.15) is 5.10 Å². The van der Waals surface area contributed by atoms with Crippen LogP contribution in [0.25, 0.3) is 0 Å². The Bertz CT molecular complexity index is 209. The highest BCUT2D eigenvalue weighted by Crippen LogP contribution is 2.05. The first-order chi connectivity index (χ1) is 4.74. The van der Waals surface area contributed by atoms with Gasteiger partial charge < -0.3 is 10.8 Å². The van der Waals surface area contributed by atoms with Crippen LogP contribution in [0.4, 0.5) is 5.69 Å². The molecule has 0 aliphatic heterocycles. The molecule has 4 nitrogen and oxygen atoms in total. The van der Waals surface area contributed by atoms with E-state index >= 15 is 0 Å². The fourth-order valence-electron chi connectivity index (χ4n) is 0.677. The molecule has 56 valence electrons. The van der Waals surface area contributed by atoms with Crippen LogP contribution in [0, 0.1) is 0 Å². The normalized spacial score (nSPS) is 13.4. The molecular formula is C6H11N3O. The van der Waals surface area contributed by atoms with Crippen molar-refractivity contribution in [3.8, 4) is 0 Å². The van der Waals surface area contributed by atoms with Gasteiger partial charge in [-0.25, -0.2) is 0 Å². The third kappa shape index (κ3) is 1.27. The monoisotopic (exact) mass is 141 g/mol. The average Bonchev–Trinajstić information content (AvgIpc) is 2.34. The molecule has 1 rings (SSSR count). The van der Waals surface area contributed by atoms with Crippen molar-refractivity contribution in [2.45, 2.75) is 13.0 Å². The Morgan fingerprint density at radius 3 is 3.00 bits per heavy atom. The molecule has 0 radical (unpaired) electrons. The number of aliphatic hydroxyl groups is 1. The second-order valence-corrected chi connectivity index (χ2v) is 2.29. The molecule has 0 saturated heterocycles. The molecule has 4 heteroatoms. The molecule has 0 aliphatic carbocycles. The number of nitrogen functional groups attached to an aromatic ring is 1. The lowest BCUT2D eigenvalue weighted by atomic mass is 10.4. The first kappa shape index (κ1) is 7.08. The zero-order chi connectivity index (χ0) is 7.56. The summed E-state index contributed by atoms with van der Waals surface area (Å²) in [5.41, 5.74) is 6.03. The molecule has 0 aliphatic rings. The van der Waals surface area contributed by atoms with Crippen LogP contribution in [0.2, 0.25) is 0 Å². The lowest BCUT2D eigenvalue weighted by molar-refractivity contribution is 0.230. The molecule has 10 heavy (non-hydrogen) atoms. The standard InChI is InChI=1S/C6H11N3O/c1-5(4-10)9-3-6(7)2-8-9/h2-3,5,10H,4,7H2,1H3. The molecule has 0 saturated carbocycles. The Kier molecular flexibility index (Phi) is 1.91. The first-order valence-electron chi connectivity index (χ1n) is 3.14. The van der Waals surface area contributed by atoms with E-state index in [-0.39, 0.29) is 12.6 Å². The molecule has 1 atom stereocenters. The van der Waals surface area contributed by atoms with Crippen molar-refractivity contribution < 1.29 is 5.11 Å². The van der Waals surface area contributed by atoms with Gasteiger partial charge in [0.05, 0.1) is 24.5 Å². The molecule has 1 heterocycles. The summed E-state index contributed by atoms with van der Waals surface area (Å²) in [5, 5.41) is 12.6. The predicted octanol–water partition coefficient (Wildman–Crippen LogP) is 0.0186. The van der Waals surface area contributed by atoms with E-state index in [9.17, 15) is 0 Å². The van der Waals surface area contributed by atoms with Gasteiger partial charge in [-0.15, -0.1) is 0 Å². The van der Waals surface area contributed by atoms with Crippen molar-refractivity contribution >= 4 is 5.69 Å². The maximum Gasteiger partial charge on any atom is 0.0722 e. The van der Waals surface area contributed by atoms with Crippen molar-refractivity contribution in [1.29, 1.82) is 0 Å². The number of aromatic nitrogens is 2. The summed E-state index contributed by atoms with van der Waals surface area (Å²) in [7, 11) is 0. The zero-order valence-electron chi connectivity index (χ0n) is 5.86. The van der Waals surface area contributed by atoms with Crippen molar-refractivity contribution in [3.05, 3.63) is 12.4 Å². The summed E-state index contributed by atoms with van der Waals surface area (Å²) < 4.78 is 1.63. The first-order valence-corrected chi connectivity index (χ1v) is 3.14. The summed E-state index contributed by atoms with van der Waals surface area (Å²) >= 11 is 0. The van der Waals surface area contributed by atoms with E-state index in [0.717, 1.165) is 0 Å². The van der Waals surface area contributed by atoms with E-state index in [2.05, 4.69) is 5.10 Å². The Morgan fingerprint density at radius 1 is 1.90 bits per heavy atom. The lowest BCUT2D eigenvalue weighted by Gasteiger charge is -2.06. The third-order valence-corrected chi connectivity index (χ3v) is 1.34. The maximum absolute atomic E-state index is 8.70. The van der Waals surface area contributed by atoms with Crippen LogP contribution >= 0.6 is 0 Å². The third-order valence-electron chi connectivity index (χ3n) is 1.34. The van der Waals surface area contributed by atoms with Crippen molar-refractivity contribution in [2.75, 3.05) is 12.3 Å². The average molecular weight is 141 g/mol. The van der Waals surface area contributed by atoms with Gasteiger partial charge in [0, 0.05) is 6.20 Å². The Balaban J connectivity index is 2.74. The fraction of sp³-hybridized carbons (Fsp3) is 0.500. The Morgan fingerprint density at radius 2 is 2.60 bits per heavy atom. The van der Waals surface area contributed by atoms with Crippen LogP contribution in [0.5, 0.6) is 0 Å². The minimum absolute atomic E-state index is 0.0114. The highest BCUT2D eigenvalue weighted by Gasteiger charge is 2.01. The highest BCUT2D eigenvalue weighted by molar-refractivity contribution is 5.30. The van der Waals surface area contributed by atoms with E-state index in [1.54, 1.807) is 17.1 Å². The molecule has 0 amide bonds. The van der Waals surface area contributed by atoms with Crippen molar-refractivity contribution in [2.24, 2.45) is 0 Å². The van der Waals surface area contributed by atoms with Crippen LogP contribution in [0.1, 0.15) is 13.0 Å². The minimum atomic E-state index is 0.0114. The van der Waals surface area contributed by atoms with Gasteiger partial charge in [0.1, 0.15) is 0 Å². The SMILES string of the molecule is CC(CO)n1cc(N)cn1. The molecule has 1 aromatic rings. The van der Waals surface area contributed by atoms with Crippen molar-refractivity contribution in [3.63, 3.8) is 0 Å². The summed E-state index contributed by atoms with van der Waals surface area (Å²) in [6.07, 6.45) is 3.26. The summed E-state index contributed by atoms with van der Waals surface area (Å²) in [4.78, 5) is 0. The zero-order valence-corrected chi connectivity index (χ0v) is 5.86. The number of hydrogen-bond donors (Lipinski definition) is 2. The summed E-state index contributed by atoms with van der Waals surface area (Å²) in [6, 6.07) is 0.0114. The Hall–Kier alpha value is -1.03. The van der Waals surface area contributed by atoms with Gasteiger partial charge in [0.15, 0.2) is 0 Å². The quantitative estimate of drug-likeness (QED) is 0.610. The minimum Gasteiger partial charge on any atom is -0.396 e. The number of aliphatic hydroxyl groups excluding tert-OH is 1. The van der Waals surface area contributed by atoms with E-state index in [1.165, 1.54) is 0 Å². The van der Waals surface area contributed by atoms with Gasteiger partial charge in [0.2, 0.25) is 0 Å². The second-order valence-electron chi connectivity index (χ2n) is 2.29. The van der Waals surface area contributed by atoms with Crippen molar-refractivity contribution in [1.82, 2.24) is 9.78 Å². The topological polar surface area (TPSA) is 64.1 Å². The van der Waals surface area contributed by atoms with Gasteiger partial charge in [-0.1, -0.05) is 0 Å². The fourth-order valence-corrected chi connectivity index (χ4v) is 0.677. The van der Waals surface area contributed by atoms with Gasteiger partial charge in [-0.3, -0.25) is 4.68 Å². The van der Waals surface area contributed by atoms with Crippen LogP contribution in [-0.2, 0) is 0 Å². The summed E-state index contributed by atoms with van der Waals surface area (Å²) in [6.45, 7) is 1.95. The molecular weight excluding hydrogens is 130 g/mol. The molecule has 1 unspecified atom stereocenters. The molecule has 0 aromatic carbocycles. The molecule has 0 bridgehead atoms. The van der Waals surface area contributed by atoms with Crippen LogP contribution in [-0.4, -0.2) is 21.5 Å². The van der Waals surface area contributed by atoms with Gasteiger partial charge in [-0.05, 0) is 6.92 Å². The summed E-state index contributed by atoms with van der Waals surface area (Å²) in [5.74, 6) is 0. The Labute approximate surface area is 59.3 Å². The second kappa shape index (κ2) is 2.70. The number of nitrogens with two attached hydrogens (primary N) is 1. The lowest BCUT2D eigenvalue weighted by Crippen LogP contribution is -2.09. The highest BCUT2D eigenvalue weighted by atomic mass is 16.3. The van der Waals surface area contributed by atoms with E-state index in [0.29, 0.717) is 5.69 Å². The molecule has 0 spiro atoms. The molecule has 0 fully saturated rings. The molecule has 3 N–H and O–H groups in total. The molecule has 1 aromatic heterocycles. The van der Waals surface area contributed by atoms with Crippen LogP contribution in [0.15, 0.2) is 12.4 Å². The van der Waals surface area contributed by atoms with Gasteiger partial charge >= 0.3 is 0 Å².